The molecule has 1 atom stereocenters. The van der Waals surface area contributed by atoms with Gasteiger partial charge >= 0.3 is 12.1 Å². The van der Waals surface area contributed by atoms with Gasteiger partial charge in [0, 0.05) is 37.9 Å². The van der Waals surface area contributed by atoms with Crippen LogP contribution < -0.4 is 15.4 Å². The van der Waals surface area contributed by atoms with Crippen molar-refractivity contribution >= 4 is 17.8 Å². The van der Waals surface area contributed by atoms with Crippen LogP contribution in [0.25, 0.3) is 0 Å². The summed E-state index contributed by atoms with van der Waals surface area (Å²) in [6, 6.07) is 6.86. The number of piperazine rings is 1. The molecule has 1 aliphatic rings. The number of methoxy groups -OCH3 is 1. The molecule has 8 nitrogen and oxygen atoms in total. The van der Waals surface area contributed by atoms with Gasteiger partial charge in [-0.1, -0.05) is 6.07 Å². The van der Waals surface area contributed by atoms with Crippen LogP contribution in [-0.2, 0) is 4.74 Å². The average Bonchev–Trinajstić information content (AvgIpc) is 2.58. The molecule has 8 heteroatoms. The minimum absolute atomic E-state index is 0.151. The van der Waals surface area contributed by atoms with Crippen LogP contribution in [0, 0.1) is 0 Å². The number of benzene rings is 1. The van der Waals surface area contributed by atoms with Crippen molar-refractivity contribution in [3.63, 3.8) is 0 Å². The molecular formula is C19H30N4O4. The van der Waals surface area contributed by atoms with Gasteiger partial charge in [0.1, 0.15) is 11.4 Å². The van der Waals surface area contributed by atoms with Crippen molar-refractivity contribution in [3.8, 4) is 5.75 Å². The molecule has 1 saturated heterocycles. The summed E-state index contributed by atoms with van der Waals surface area (Å²) in [6.45, 7) is 7.78. The molecule has 0 unspecified atom stereocenters. The number of hydrogen-bond donors (Lipinski definition) is 2. The van der Waals surface area contributed by atoms with Gasteiger partial charge in [0.25, 0.3) is 0 Å². The average molecular weight is 378 g/mol. The van der Waals surface area contributed by atoms with Crippen molar-refractivity contribution in [1.82, 2.24) is 15.1 Å². The SMILES string of the molecule is COc1cccc(NC(=O)N2CCN(C)C[C@H]2CNC(=O)OC(C)(C)C)c1. The molecule has 0 saturated carbocycles. The van der Waals surface area contributed by atoms with Gasteiger partial charge in [-0.3, -0.25) is 0 Å². The third-order valence-corrected chi connectivity index (χ3v) is 4.15. The second-order valence-corrected chi connectivity index (χ2v) is 7.65. The fraction of sp³-hybridized carbons (Fsp3) is 0.579. The van der Waals surface area contributed by atoms with Crippen LogP contribution in [0.5, 0.6) is 5.75 Å². The van der Waals surface area contributed by atoms with Crippen LogP contribution in [0.2, 0.25) is 0 Å². The van der Waals surface area contributed by atoms with E-state index in [0.717, 1.165) is 6.54 Å². The summed E-state index contributed by atoms with van der Waals surface area (Å²) in [5, 5.41) is 5.67. The number of likely N-dealkylation sites (N-methyl/N-ethyl adjacent to an activating group) is 1. The van der Waals surface area contributed by atoms with Crippen molar-refractivity contribution in [3.05, 3.63) is 24.3 Å². The highest BCUT2D eigenvalue weighted by Crippen LogP contribution is 2.18. The smallest absolute Gasteiger partial charge is 0.407 e. The molecule has 2 N–H and O–H groups in total. The first-order chi connectivity index (χ1) is 12.7. The molecule has 0 aliphatic carbocycles. The lowest BCUT2D eigenvalue weighted by molar-refractivity contribution is 0.0490. The number of anilines is 1. The van der Waals surface area contributed by atoms with E-state index in [1.807, 2.05) is 46.0 Å². The molecular weight excluding hydrogens is 348 g/mol. The maximum atomic E-state index is 12.8. The van der Waals surface area contributed by atoms with Gasteiger partial charge < -0.3 is 29.9 Å². The molecule has 1 aliphatic heterocycles. The second kappa shape index (κ2) is 8.94. The van der Waals surface area contributed by atoms with Crippen molar-refractivity contribution in [1.29, 1.82) is 0 Å². The van der Waals surface area contributed by atoms with E-state index in [0.29, 0.717) is 31.1 Å². The van der Waals surface area contributed by atoms with Gasteiger partial charge in [0.15, 0.2) is 0 Å². The Morgan fingerprint density at radius 1 is 1.26 bits per heavy atom. The van der Waals surface area contributed by atoms with Crippen molar-refractivity contribution in [2.75, 3.05) is 45.7 Å². The molecule has 1 aromatic carbocycles. The summed E-state index contributed by atoms with van der Waals surface area (Å²) in [4.78, 5) is 28.6. The van der Waals surface area contributed by atoms with Crippen LogP contribution in [0.15, 0.2) is 24.3 Å². The van der Waals surface area contributed by atoms with Crippen LogP contribution >= 0.6 is 0 Å². The van der Waals surface area contributed by atoms with E-state index in [1.54, 1.807) is 18.1 Å². The van der Waals surface area contributed by atoms with Gasteiger partial charge in [-0.25, -0.2) is 9.59 Å². The van der Waals surface area contributed by atoms with E-state index in [-0.39, 0.29) is 12.1 Å². The molecule has 1 fully saturated rings. The van der Waals surface area contributed by atoms with Crippen LogP contribution in [0.1, 0.15) is 20.8 Å². The molecule has 0 aromatic heterocycles. The summed E-state index contributed by atoms with van der Waals surface area (Å²) in [5.41, 5.74) is 0.105. The molecule has 0 radical (unpaired) electrons. The Labute approximate surface area is 160 Å². The maximum absolute atomic E-state index is 12.8. The molecule has 150 valence electrons. The number of amides is 3. The minimum atomic E-state index is -0.559. The molecule has 1 heterocycles. The normalized spacial score (nSPS) is 18.0. The number of alkyl carbamates (subject to hydrolysis) is 1. The van der Waals surface area contributed by atoms with Crippen LogP contribution in [0.4, 0.5) is 15.3 Å². The Morgan fingerprint density at radius 2 is 2.00 bits per heavy atom. The zero-order chi connectivity index (χ0) is 20.0. The quantitative estimate of drug-likeness (QED) is 0.840. The fourth-order valence-corrected chi connectivity index (χ4v) is 2.86. The topological polar surface area (TPSA) is 83.1 Å². The fourth-order valence-electron chi connectivity index (χ4n) is 2.86. The zero-order valence-corrected chi connectivity index (χ0v) is 16.7. The lowest BCUT2D eigenvalue weighted by atomic mass is 10.1. The molecule has 2 rings (SSSR count). The summed E-state index contributed by atoms with van der Waals surface area (Å²) in [5.74, 6) is 0.675. The monoisotopic (exact) mass is 378 g/mol. The highest BCUT2D eigenvalue weighted by Gasteiger charge is 2.30. The van der Waals surface area contributed by atoms with Crippen molar-refractivity contribution < 1.29 is 19.1 Å². The number of hydrogen-bond acceptors (Lipinski definition) is 5. The predicted molar refractivity (Wildman–Crippen MR) is 104 cm³/mol. The standard InChI is InChI=1S/C19H30N4O4/c1-19(2,3)27-18(25)20-12-15-13-22(4)9-10-23(15)17(24)21-14-7-6-8-16(11-14)26-5/h6-8,11,15H,9-10,12-13H2,1-5H3,(H,20,25)(H,21,24)/t15-/m1/s1. The van der Waals surface area contributed by atoms with E-state index in [4.69, 9.17) is 9.47 Å². The number of ether oxygens (including phenoxy) is 2. The summed E-state index contributed by atoms with van der Waals surface area (Å²) in [7, 11) is 3.58. The Hall–Kier alpha value is -2.48. The minimum Gasteiger partial charge on any atom is -0.497 e. The number of rotatable bonds is 4. The van der Waals surface area contributed by atoms with Gasteiger partial charge in [-0.2, -0.15) is 0 Å². The number of nitrogens with zero attached hydrogens (tertiary/aromatic N) is 2. The maximum Gasteiger partial charge on any atom is 0.407 e. The summed E-state index contributed by atoms with van der Waals surface area (Å²) >= 11 is 0. The molecule has 27 heavy (non-hydrogen) atoms. The summed E-state index contributed by atoms with van der Waals surface area (Å²) < 4.78 is 10.5. The number of carbonyl (C=O) groups is 2. The molecule has 3 amide bonds. The van der Waals surface area contributed by atoms with Gasteiger partial charge in [-0.15, -0.1) is 0 Å². The lowest BCUT2D eigenvalue weighted by Gasteiger charge is -2.40. The van der Waals surface area contributed by atoms with E-state index in [2.05, 4.69) is 15.5 Å². The molecule has 0 spiro atoms. The van der Waals surface area contributed by atoms with Gasteiger partial charge in [0.2, 0.25) is 0 Å². The van der Waals surface area contributed by atoms with E-state index in [1.165, 1.54) is 0 Å². The van der Waals surface area contributed by atoms with Crippen LogP contribution in [0.3, 0.4) is 0 Å². The largest absolute Gasteiger partial charge is 0.497 e. The highest BCUT2D eigenvalue weighted by molar-refractivity contribution is 5.90. The Balaban J connectivity index is 1.99. The third kappa shape index (κ3) is 6.63. The number of carbonyl (C=O) groups excluding carboxylic acids is 2. The van der Waals surface area contributed by atoms with Crippen LogP contribution in [-0.4, -0.2) is 73.9 Å². The van der Waals surface area contributed by atoms with Gasteiger partial charge in [-0.05, 0) is 40.0 Å². The lowest BCUT2D eigenvalue weighted by Crippen LogP contribution is -2.58. The Bertz CT molecular complexity index is 659. The van der Waals surface area contributed by atoms with Crippen molar-refractivity contribution in [2.45, 2.75) is 32.4 Å². The highest BCUT2D eigenvalue weighted by atomic mass is 16.6. The predicted octanol–water partition coefficient (Wildman–Crippen LogP) is 2.37. The number of nitrogens with one attached hydrogen (secondary N) is 2. The van der Waals surface area contributed by atoms with E-state index in [9.17, 15) is 9.59 Å². The van der Waals surface area contributed by atoms with E-state index < -0.39 is 11.7 Å². The molecule has 0 bridgehead atoms. The summed E-state index contributed by atoms with van der Waals surface area (Å²) in [6.07, 6.45) is -0.483. The zero-order valence-electron chi connectivity index (χ0n) is 16.7. The number of urea groups is 1. The first-order valence-corrected chi connectivity index (χ1v) is 9.05. The third-order valence-electron chi connectivity index (χ3n) is 4.15. The van der Waals surface area contributed by atoms with Gasteiger partial charge in [0.05, 0.1) is 13.2 Å². The van der Waals surface area contributed by atoms with E-state index >= 15 is 0 Å². The first-order valence-electron chi connectivity index (χ1n) is 9.05. The Morgan fingerprint density at radius 3 is 2.67 bits per heavy atom. The Kier molecular flexibility index (Phi) is 6.90. The molecule has 1 aromatic rings. The van der Waals surface area contributed by atoms with Crippen molar-refractivity contribution in [2.24, 2.45) is 0 Å². The first kappa shape index (κ1) is 20.8. The second-order valence-electron chi connectivity index (χ2n) is 7.65.